The van der Waals surface area contributed by atoms with Crippen molar-refractivity contribution >= 4 is 33.7 Å². The maximum atomic E-state index is 10.1. The molecule has 0 bridgehead atoms. The van der Waals surface area contributed by atoms with Crippen LogP contribution in [0.25, 0.3) is 0 Å². The second-order valence-electron chi connectivity index (χ2n) is 1.28. The fourth-order valence-corrected chi connectivity index (χ4v) is 1.64. The molecule has 0 saturated carbocycles. The van der Waals surface area contributed by atoms with Crippen LogP contribution in [0.1, 0.15) is 0 Å². The van der Waals surface area contributed by atoms with Crippen LogP contribution in [0, 0.1) is 0 Å². The van der Waals surface area contributed by atoms with Gasteiger partial charge in [0.1, 0.15) is 0 Å². The third kappa shape index (κ3) is 10.6. The maximum absolute atomic E-state index is 10.1. The molecule has 0 aromatic rings. The van der Waals surface area contributed by atoms with Crippen molar-refractivity contribution in [3.05, 3.63) is 0 Å². The molecule has 0 amide bonds. The molecule has 0 aromatic heterocycles. The Bertz CT molecular complexity index is 135. The van der Waals surface area contributed by atoms with Crippen molar-refractivity contribution in [2.45, 2.75) is 0 Å². The number of carbonyl (C=O) groups is 2. The minimum absolute atomic E-state index is 0.189. The second kappa shape index (κ2) is 7.23. The monoisotopic (exact) mass is 313 g/mol. The van der Waals surface area contributed by atoms with Gasteiger partial charge < -0.3 is 0 Å². The molecule has 0 aliphatic carbocycles. The summed E-state index contributed by atoms with van der Waals surface area (Å²) < 4.78 is 9.28. The van der Waals surface area contributed by atoms with Gasteiger partial charge in [0.2, 0.25) is 0 Å². The first-order valence-corrected chi connectivity index (χ1v) is 4.90. The summed E-state index contributed by atoms with van der Waals surface area (Å²) in [6.07, 6.45) is 0. The Hall–Kier alpha value is 0.570. The van der Waals surface area contributed by atoms with E-state index in [2.05, 4.69) is 6.13 Å². The van der Waals surface area contributed by atoms with E-state index in [-0.39, 0.29) is 13.2 Å². The first-order valence-electron chi connectivity index (χ1n) is 2.38. The molecule has 66 valence electrons. The molecule has 7 heteroatoms. The van der Waals surface area contributed by atoms with Crippen LogP contribution in [0.3, 0.4) is 0 Å². The van der Waals surface area contributed by atoms with Gasteiger partial charge in [0, 0.05) is 0 Å². The zero-order chi connectivity index (χ0) is 8.69. The molecular formula is C4H4Cl2IO4-. The van der Waals surface area contributed by atoms with Crippen LogP contribution in [-0.2, 0) is 15.7 Å². The average Bonchev–Trinajstić information content (AvgIpc) is 1.85. The third-order valence-electron chi connectivity index (χ3n) is 0.425. The minimum atomic E-state index is -1.05. The van der Waals surface area contributed by atoms with Gasteiger partial charge in [-0.05, 0) is 0 Å². The Morgan fingerprint density at radius 2 is 1.45 bits per heavy atom. The van der Waals surface area contributed by atoms with Crippen LogP contribution in [0.4, 0.5) is 0 Å². The molecule has 0 atom stereocenters. The van der Waals surface area contributed by atoms with Gasteiger partial charge in [0.15, 0.2) is 0 Å². The number of halogens is 3. The van der Waals surface area contributed by atoms with Gasteiger partial charge in [0.25, 0.3) is 0 Å². The predicted molar refractivity (Wildman–Crippen MR) is 33.6 cm³/mol. The van der Waals surface area contributed by atoms with E-state index in [9.17, 15) is 9.59 Å². The Kier molecular flexibility index (Phi) is 7.61. The Balaban J connectivity index is 3.03. The van der Waals surface area contributed by atoms with Gasteiger partial charge in [-0.15, -0.1) is 0 Å². The van der Waals surface area contributed by atoms with Crippen molar-refractivity contribution in [3.63, 3.8) is 0 Å². The third-order valence-corrected chi connectivity index (χ3v) is 1.77. The molecule has 0 N–H and O–H groups in total. The van der Waals surface area contributed by atoms with E-state index in [0.717, 1.165) is 0 Å². The molecular weight excluding hydrogens is 310 g/mol. The fourth-order valence-electron chi connectivity index (χ4n) is 0.162. The molecule has 0 aliphatic rings. The molecule has 0 saturated heterocycles. The summed E-state index contributed by atoms with van der Waals surface area (Å²) in [6, 6.07) is 0. The van der Waals surface area contributed by atoms with Crippen LogP contribution in [0.5, 0.6) is 0 Å². The van der Waals surface area contributed by atoms with E-state index < -0.39 is 32.5 Å². The van der Waals surface area contributed by atoms with Gasteiger partial charge in [0.05, 0.1) is 0 Å². The van der Waals surface area contributed by atoms with Gasteiger partial charge in [-0.2, -0.15) is 0 Å². The SMILES string of the molecule is O=C(Cl)CO[I-]OCC(=O)Cl. The molecule has 0 unspecified atom stereocenters. The Morgan fingerprint density at radius 1 is 1.09 bits per heavy atom. The Labute approximate surface area is 84.5 Å². The number of hydrogen-bond donors (Lipinski definition) is 0. The molecule has 0 rings (SSSR count). The van der Waals surface area contributed by atoms with E-state index in [1.165, 1.54) is 0 Å². The van der Waals surface area contributed by atoms with Crippen LogP contribution in [0.2, 0.25) is 0 Å². The van der Waals surface area contributed by atoms with E-state index in [1.807, 2.05) is 0 Å². The number of rotatable bonds is 6. The average molecular weight is 314 g/mol. The van der Waals surface area contributed by atoms with Crippen LogP contribution < -0.4 is 22.0 Å². The molecule has 0 aromatic carbocycles. The quantitative estimate of drug-likeness (QED) is 0.308. The summed E-state index contributed by atoms with van der Waals surface area (Å²) in [5.41, 5.74) is 0. The van der Waals surface area contributed by atoms with Crippen LogP contribution >= 0.6 is 23.2 Å². The van der Waals surface area contributed by atoms with Crippen molar-refractivity contribution in [2.75, 3.05) is 13.2 Å². The molecule has 4 nitrogen and oxygen atoms in total. The summed E-state index contributed by atoms with van der Waals surface area (Å²) >= 11 is 8.80. The summed E-state index contributed by atoms with van der Waals surface area (Å²) in [5, 5.41) is -1.18. The van der Waals surface area contributed by atoms with E-state index in [1.54, 1.807) is 0 Å². The van der Waals surface area contributed by atoms with Crippen molar-refractivity contribution < 1.29 is 37.8 Å². The topological polar surface area (TPSA) is 52.6 Å². The first-order chi connectivity index (χ1) is 5.13. The molecule has 0 radical (unpaired) electrons. The standard InChI is InChI=1S/C4H4Cl2IO4/c5-3(8)1-10-7-11-2-4(6)9/h1-2H2/q-1. The molecule has 0 aliphatic heterocycles. The number of hydrogen-bond acceptors (Lipinski definition) is 4. The molecule has 0 fully saturated rings. The Morgan fingerprint density at radius 3 is 1.73 bits per heavy atom. The first kappa shape index (κ1) is 11.6. The predicted octanol–water partition coefficient (Wildman–Crippen LogP) is -2.53. The van der Waals surface area contributed by atoms with Crippen LogP contribution in [0.15, 0.2) is 0 Å². The molecule has 0 spiro atoms. The fraction of sp³-hybridized carbons (Fsp3) is 0.500. The number of carbonyl (C=O) groups excluding carboxylic acids is 2. The van der Waals surface area contributed by atoms with E-state index in [0.29, 0.717) is 0 Å². The zero-order valence-electron chi connectivity index (χ0n) is 5.18. The van der Waals surface area contributed by atoms with Crippen molar-refractivity contribution in [1.82, 2.24) is 0 Å². The zero-order valence-corrected chi connectivity index (χ0v) is 8.85. The van der Waals surface area contributed by atoms with Gasteiger partial charge in [-0.3, -0.25) is 0 Å². The van der Waals surface area contributed by atoms with Gasteiger partial charge in [-0.25, -0.2) is 0 Å². The van der Waals surface area contributed by atoms with Crippen molar-refractivity contribution in [3.8, 4) is 0 Å². The summed E-state index contributed by atoms with van der Waals surface area (Å²) in [4.78, 5) is 20.1. The van der Waals surface area contributed by atoms with Crippen LogP contribution in [-0.4, -0.2) is 23.7 Å². The normalized spacial score (nSPS) is 10.0. The summed E-state index contributed by atoms with van der Waals surface area (Å²) in [6.45, 7) is -0.378. The molecule has 0 heterocycles. The second-order valence-corrected chi connectivity index (χ2v) is 3.73. The summed E-state index contributed by atoms with van der Waals surface area (Å²) in [7, 11) is 0. The van der Waals surface area contributed by atoms with Gasteiger partial charge in [-0.1, -0.05) is 0 Å². The summed E-state index contributed by atoms with van der Waals surface area (Å²) in [5.74, 6) is 0. The van der Waals surface area contributed by atoms with Crippen molar-refractivity contribution in [1.29, 1.82) is 0 Å². The molecule has 11 heavy (non-hydrogen) atoms. The van der Waals surface area contributed by atoms with E-state index in [4.69, 9.17) is 23.2 Å². The van der Waals surface area contributed by atoms with Gasteiger partial charge >= 0.3 is 84.7 Å². The van der Waals surface area contributed by atoms with Crippen molar-refractivity contribution in [2.24, 2.45) is 0 Å². The van der Waals surface area contributed by atoms with E-state index >= 15 is 0 Å².